The Labute approximate surface area is 278 Å². The quantitative estimate of drug-likeness (QED) is 0.196. The summed E-state index contributed by atoms with van der Waals surface area (Å²) < 4.78 is 36.3. The highest BCUT2D eigenvalue weighted by Gasteiger charge is 2.25. The van der Waals surface area contributed by atoms with Gasteiger partial charge in [-0.3, -0.25) is 14.3 Å². The first-order chi connectivity index (χ1) is 21.6. The fourth-order valence-electron chi connectivity index (χ4n) is 6.06. The molecule has 1 saturated carbocycles. The molecule has 240 valence electrons. The zero-order chi connectivity index (χ0) is 32.0. The first-order valence-corrected chi connectivity index (χ1v) is 17.9. The molecule has 45 heavy (non-hydrogen) atoms. The molecule has 1 aliphatic heterocycles. The highest BCUT2D eigenvalue weighted by molar-refractivity contribution is 9.10. The van der Waals surface area contributed by atoms with Crippen molar-refractivity contribution in [2.75, 3.05) is 24.4 Å². The number of halogens is 2. The number of nitrogens with zero attached hydrogens (tertiary/aromatic N) is 1. The molecule has 3 aromatic carbocycles. The summed E-state index contributed by atoms with van der Waals surface area (Å²) in [5.41, 5.74) is 6.12. The zero-order valence-corrected chi connectivity index (χ0v) is 28.1. The molecule has 3 aromatic rings. The Kier molecular flexibility index (Phi) is 11.1. The van der Waals surface area contributed by atoms with Crippen LogP contribution in [0, 0.1) is 5.92 Å². The predicted molar refractivity (Wildman–Crippen MR) is 179 cm³/mol. The third-order valence-corrected chi connectivity index (χ3v) is 10.7. The largest absolute Gasteiger partial charge is 0.454 e. The van der Waals surface area contributed by atoms with Gasteiger partial charge in [-0.05, 0) is 125 Å². The monoisotopic (exact) mass is 716 g/mol. The molecular weight excluding hydrogens is 680 g/mol. The number of likely N-dealkylation sites (tertiary alicyclic amines) is 1. The van der Waals surface area contributed by atoms with Crippen LogP contribution in [0.25, 0.3) is 0 Å². The summed E-state index contributed by atoms with van der Waals surface area (Å²) in [5.74, 6) is 0.256. The van der Waals surface area contributed by atoms with Gasteiger partial charge in [-0.2, -0.15) is 0 Å². The van der Waals surface area contributed by atoms with Gasteiger partial charge in [-0.15, -0.1) is 0 Å². The number of para-hydroxylation sites is 2. The molecule has 1 aliphatic carbocycles. The molecule has 0 atom stereocenters. The predicted octanol–water partition coefficient (Wildman–Crippen LogP) is 6.50. The summed E-state index contributed by atoms with van der Waals surface area (Å²) in [6.45, 7) is 3.58. The van der Waals surface area contributed by atoms with E-state index >= 15 is 0 Å². The van der Waals surface area contributed by atoms with Crippen LogP contribution in [0.1, 0.15) is 60.9 Å². The molecule has 12 heteroatoms. The first kappa shape index (κ1) is 33.2. The number of anilines is 1. The molecule has 0 radical (unpaired) electrons. The number of rotatable bonds is 12. The maximum absolute atomic E-state index is 13.5. The number of benzene rings is 3. The van der Waals surface area contributed by atoms with Gasteiger partial charge < -0.3 is 20.7 Å². The van der Waals surface area contributed by atoms with E-state index in [2.05, 4.69) is 30.9 Å². The molecule has 2 fully saturated rings. The molecule has 0 unspecified atom stereocenters. The Balaban J connectivity index is 1.24. The van der Waals surface area contributed by atoms with E-state index in [9.17, 15) is 18.0 Å². The standard InChI is InChI=1S/C33H38BrClN4O5S/c34-24-9-14-30(28(35)21-24)44-31-6-2-1-5-29(31)38-45(42,43)26-12-13-27(33(36)41)23(19-26)20-32(40)37-25-10-7-22(8-11-25)15-18-39-16-3-4-17-39/h1-2,5-6,9,12-14,19,21-22,25,38H,3-4,7-8,10-11,15-18,20H2,(H2,36,41)(H,37,40). The van der Waals surface area contributed by atoms with E-state index < -0.39 is 15.9 Å². The van der Waals surface area contributed by atoms with Crippen molar-refractivity contribution in [1.82, 2.24) is 10.2 Å². The number of ether oxygens (including phenoxy) is 1. The molecule has 0 aromatic heterocycles. The van der Waals surface area contributed by atoms with Crippen LogP contribution < -0.4 is 20.5 Å². The van der Waals surface area contributed by atoms with Crippen LogP contribution in [0.2, 0.25) is 5.02 Å². The van der Waals surface area contributed by atoms with Gasteiger partial charge in [0, 0.05) is 16.1 Å². The van der Waals surface area contributed by atoms with E-state index in [1.165, 1.54) is 50.6 Å². The van der Waals surface area contributed by atoms with Crippen molar-refractivity contribution in [3.8, 4) is 11.5 Å². The lowest BCUT2D eigenvalue weighted by Crippen LogP contribution is -2.39. The molecule has 1 heterocycles. The van der Waals surface area contributed by atoms with Crippen molar-refractivity contribution in [3.63, 3.8) is 0 Å². The lowest BCUT2D eigenvalue weighted by atomic mass is 9.84. The fourth-order valence-corrected chi connectivity index (χ4v) is 7.90. The zero-order valence-electron chi connectivity index (χ0n) is 24.9. The lowest BCUT2D eigenvalue weighted by Gasteiger charge is -2.30. The normalized spacial score (nSPS) is 18.8. The second kappa shape index (κ2) is 15.0. The van der Waals surface area contributed by atoms with E-state index in [4.69, 9.17) is 22.1 Å². The van der Waals surface area contributed by atoms with Gasteiger partial charge in [0.2, 0.25) is 11.8 Å². The van der Waals surface area contributed by atoms with E-state index in [1.807, 2.05) is 0 Å². The van der Waals surface area contributed by atoms with Crippen molar-refractivity contribution in [2.45, 2.75) is 62.3 Å². The Morgan fingerprint density at radius 1 is 0.978 bits per heavy atom. The smallest absolute Gasteiger partial charge is 0.262 e. The number of carbonyl (C=O) groups excluding carboxylic acids is 2. The second-order valence-electron chi connectivity index (χ2n) is 11.8. The third-order valence-electron chi connectivity index (χ3n) is 8.51. The molecule has 4 N–H and O–H groups in total. The number of amides is 2. The average molecular weight is 718 g/mol. The van der Waals surface area contributed by atoms with Crippen LogP contribution in [0.4, 0.5) is 5.69 Å². The van der Waals surface area contributed by atoms with Crippen molar-refractivity contribution in [3.05, 3.63) is 81.3 Å². The van der Waals surface area contributed by atoms with Gasteiger partial charge in [0.25, 0.3) is 10.0 Å². The minimum absolute atomic E-state index is 0.0573. The fraction of sp³-hybridized carbons (Fsp3) is 0.394. The maximum atomic E-state index is 13.5. The topological polar surface area (TPSA) is 131 Å². The SMILES string of the molecule is NC(=O)c1ccc(S(=O)(=O)Nc2ccccc2Oc2ccc(Br)cc2Cl)cc1CC(=O)NC1CCC(CCN2CCCC2)CC1. The summed E-state index contributed by atoms with van der Waals surface area (Å²) in [6, 6.07) is 15.7. The Morgan fingerprint density at radius 3 is 2.42 bits per heavy atom. The Morgan fingerprint density at radius 2 is 1.71 bits per heavy atom. The third kappa shape index (κ3) is 9.00. The summed E-state index contributed by atoms with van der Waals surface area (Å²) in [4.78, 5) is 27.7. The van der Waals surface area contributed by atoms with Gasteiger partial charge in [-0.1, -0.05) is 39.7 Å². The van der Waals surface area contributed by atoms with E-state index in [-0.39, 0.29) is 45.8 Å². The van der Waals surface area contributed by atoms with Crippen molar-refractivity contribution < 1.29 is 22.7 Å². The second-order valence-corrected chi connectivity index (χ2v) is 14.8. The number of hydrogen-bond donors (Lipinski definition) is 3. The van der Waals surface area contributed by atoms with Crippen molar-refractivity contribution >= 4 is 55.1 Å². The molecule has 2 aliphatic rings. The van der Waals surface area contributed by atoms with Crippen LogP contribution >= 0.6 is 27.5 Å². The van der Waals surface area contributed by atoms with Crippen LogP contribution in [0.15, 0.2) is 70.0 Å². The van der Waals surface area contributed by atoms with E-state index in [0.29, 0.717) is 16.7 Å². The van der Waals surface area contributed by atoms with Crippen molar-refractivity contribution in [1.29, 1.82) is 0 Å². The van der Waals surface area contributed by atoms with Gasteiger partial charge in [0.05, 0.1) is 22.0 Å². The summed E-state index contributed by atoms with van der Waals surface area (Å²) >= 11 is 9.65. The average Bonchev–Trinajstić information content (AvgIpc) is 3.53. The molecule has 0 bridgehead atoms. The van der Waals surface area contributed by atoms with Gasteiger partial charge in [0.1, 0.15) is 5.75 Å². The van der Waals surface area contributed by atoms with Gasteiger partial charge >= 0.3 is 0 Å². The summed E-state index contributed by atoms with van der Waals surface area (Å²) in [7, 11) is -4.15. The highest BCUT2D eigenvalue weighted by Crippen LogP contribution is 2.36. The molecule has 5 rings (SSSR count). The summed E-state index contributed by atoms with van der Waals surface area (Å²) in [6.07, 6.45) is 7.59. The number of nitrogens with one attached hydrogen (secondary N) is 2. The Hall–Kier alpha value is -3.12. The molecule has 2 amide bonds. The number of nitrogens with two attached hydrogens (primary N) is 1. The number of carbonyl (C=O) groups is 2. The highest BCUT2D eigenvalue weighted by atomic mass is 79.9. The molecule has 9 nitrogen and oxygen atoms in total. The molecule has 0 spiro atoms. The lowest BCUT2D eigenvalue weighted by molar-refractivity contribution is -0.121. The van der Waals surface area contributed by atoms with Gasteiger partial charge in [0.15, 0.2) is 5.75 Å². The number of sulfonamides is 1. The van der Waals surface area contributed by atoms with Gasteiger partial charge in [-0.25, -0.2) is 8.42 Å². The Bertz CT molecular complexity index is 1640. The molecular formula is C33H38BrClN4O5S. The minimum atomic E-state index is -4.15. The van der Waals surface area contributed by atoms with Crippen LogP contribution in [-0.2, 0) is 21.2 Å². The number of hydrogen-bond acceptors (Lipinski definition) is 6. The van der Waals surface area contributed by atoms with E-state index in [1.54, 1.807) is 42.5 Å². The first-order valence-electron chi connectivity index (χ1n) is 15.3. The molecule has 1 saturated heterocycles. The van der Waals surface area contributed by atoms with E-state index in [0.717, 1.165) is 36.7 Å². The minimum Gasteiger partial charge on any atom is -0.454 e. The summed E-state index contributed by atoms with van der Waals surface area (Å²) in [5, 5.41) is 3.44. The van der Waals surface area contributed by atoms with Crippen LogP contribution in [-0.4, -0.2) is 50.8 Å². The maximum Gasteiger partial charge on any atom is 0.262 e. The van der Waals surface area contributed by atoms with Crippen LogP contribution in [0.3, 0.4) is 0 Å². The number of primary amides is 1. The van der Waals surface area contributed by atoms with Crippen LogP contribution in [0.5, 0.6) is 11.5 Å². The van der Waals surface area contributed by atoms with Crippen molar-refractivity contribution in [2.24, 2.45) is 11.7 Å².